The summed E-state index contributed by atoms with van der Waals surface area (Å²) in [6.07, 6.45) is 3.81. The third kappa shape index (κ3) is 2.29. The topological polar surface area (TPSA) is 70.1 Å². The summed E-state index contributed by atoms with van der Waals surface area (Å²) in [5, 5.41) is 8.75. The average molecular weight is 207 g/mol. The summed E-state index contributed by atoms with van der Waals surface area (Å²) < 4.78 is 0. The van der Waals surface area contributed by atoms with E-state index in [-0.39, 0.29) is 17.9 Å². The molecule has 4 heteroatoms. The maximum atomic E-state index is 11.9. The molecular formula is C11H17N3O. The Balaban J connectivity index is 1.84. The number of likely N-dealkylation sites (tertiary alicyclic amines) is 1. The average Bonchev–Trinajstić information content (AvgIpc) is 3.11. The number of carbonyl (C=O) groups excluding carboxylic acids is 1. The van der Waals surface area contributed by atoms with E-state index in [1.165, 1.54) is 0 Å². The number of rotatable bonds is 2. The molecule has 1 aliphatic heterocycles. The van der Waals surface area contributed by atoms with Crippen molar-refractivity contribution >= 4 is 5.91 Å². The lowest BCUT2D eigenvalue weighted by atomic mass is 9.98. The maximum Gasteiger partial charge on any atom is 0.239 e. The van der Waals surface area contributed by atoms with E-state index < -0.39 is 0 Å². The van der Waals surface area contributed by atoms with Gasteiger partial charge in [-0.15, -0.1) is 0 Å². The Kier molecular flexibility index (Phi) is 2.92. The second-order valence-electron chi connectivity index (χ2n) is 4.59. The third-order valence-corrected chi connectivity index (χ3v) is 3.40. The van der Waals surface area contributed by atoms with Gasteiger partial charge in [0.05, 0.1) is 12.1 Å². The lowest BCUT2D eigenvalue weighted by molar-refractivity contribution is -0.134. The summed E-state index contributed by atoms with van der Waals surface area (Å²) >= 11 is 0. The molecule has 1 atom stereocenters. The molecule has 0 radical (unpaired) electrons. The predicted molar refractivity (Wildman–Crippen MR) is 55.6 cm³/mol. The van der Waals surface area contributed by atoms with Crippen LogP contribution in [0.1, 0.15) is 25.7 Å². The van der Waals surface area contributed by atoms with Crippen LogP contribution in [0.15, 0.2) is 0 Å². The first-order valence-corrected chi connectivity index (χ1v) is 5.66. The predicted octanol–water partition coefficient (Wildman–Crippen LogP) is 0.486. The van der Waals surface area contributed by atoms with Crippen molar-refractivity contribution < 1.29 is 4.79 Å². The highest BCUT2D eigenvalue weighted by molar-refractivity contribution is 5.82. The van der Waals surface area contributed by atoms with Gasteiger partial charge in [0, 0.05) is 19.0 Å². The van der Waals surface area contributed by atoms with E-state index in [0.29, 0.717) is 19.0 Å². The van der Waals surface area contributed by atoms with Crippen LogP contribution in [0.5, 0.6) is 0 Å². The molecule has 1 amide bonds. The molecule has 1 aliphatic carbocycles. The molecule has 82 valence electrons. The van der Waals surface area contributed by atoms with E-state index in [1.807, 2.05) is 4.90 Å². The van der Waals surface area contributed by atoms with Crippen LogP contribution in [0, 0.1) is 23.2 Å². The zero-order valence-electron chi connectivity index (χ0n) is 8.85. The Labute approximate surface area is 90.0 Å². The van der Waals surface area contributed by atoms with Gasteiger partial charge in [0.25, 0.3) is 0 Å². The first kappa shape index (κ1) is 10.4. The third-order valence-electron chi connectivity index (χ3n) is 3.40. The quantitative estimate of drug-likeness (QED) is 0.716. The summed E-state index contributed by atoms with van der Waals surface area (Å²) in [7, 11) is 0. The van der Waals surface area contributed by atoms with Crippen molar-refractivity contribution in [2.24, 2.45) is 17.6 Å². The van der Waals surface area contributed by atoms with Gasteiger partial charge in [0.15, 0.2) is 0 Å². The number of piperidine rings is 1. The van der Waals surface area contributed by atoms with Gasteiger partial charge in [-0.3, -0.25) is 4.79 Å². The van der Waals surface area contributed by atoms with Crippen molar-refractivity contribution in [3.05, 3.63) is 0 Å². The number of carbonyl (C=O) groups is 1. The number of hydrogen-bond acceptors (Lipinski definition) is 3. The van der Waals surface area contributed by atoms with Crippen molar-refractivity contribution in [1.82, 2.24) is 4.90 Å². The van der Waals surface area contributed by atoms with Gasteiger partial charge in [-0.05, 0) is 31.6 Å². The van der Waals surface area contributed by atoms with E-state index in [1.54, 1.807) is 0 Å². The zero-order valence-corrected chi connectivity index (χ0v) is 8.85. The first-order chi connectivity index (χ1) is 7.22. The first-order valence-electron chi connectivity index (χ1n) is 5.66. The van der Waals surface area contributed by atoms with Crippen molar-refractivity contribution in [3.63, 3.8) is 0 Å². The van der Waals surface area contributed by atoms with Crippen molar-refractivity contribution in [3.8, 4) is 6.07 Å². The van der Waals surface area contributed by atoms with E-state index in [0.717, 1.165) is 25.7 Å². The standard InChI is InChI=1S/C11H17N3O/c12-7-8-3-5-14(6-4-8)11(15)10(13)9-1-2-9/h8-10H,1-6,13H2. The van der Waals surface area contributed by atoms with Crippen molar-refractivity contribution in [2.45, 2.75) is 31.7 Å². The van der Waals surface area contributed by atoms with Gasteiger partial charge in [0.1, 0.15) is 0 Å². The zero-order chi connectivity index (χ0) is 10.8. The Bertz CT molecular complexity index is 285. The Morgan fingerprint density at radius 1 is 1.33 bits per heavy atom. The van der Waals surface area contributed by atoms with Gasteiger partial charge in [0.2, 0.25) is 5.91 Å². The Morgan fingerprint density at radius 3 is 2.40 bits per heavy atom. The molecule has 2 aliphatic rings. The van der Waals surface area contributed by atoms with E-state index >= 15 is 0 Å². The minimum absolute atomic E-state index is 0.0916. The number of hydrogen-bond donors (Lipinski definition) is 1. The second kappa shape index (κ2) is 4.19. The molecule has 0 bridgehead atoms. The molecule has 4 nitrogen and oxygen atoms in total. The number of nitrogens with zero attached hydrogens (tertiary/aromatic N) is 2. The molecule has 0 aromatic heterocycles. The number of amides is 1. The van der Waals surface area contributed by atoms with Crippen molar-refractivity contribution in [1.29, 1.82) is 5.26 Å². The molecule has 1 heterocycles. The van der Waals surface area contributed by atoms with Gasteiger partial charge in [-0.1, -0.05) is 0 Å². The summed E-state index contributed by atoms with van der Waals surface area (Å²) in [5.74, 6) is 0.645. The molecule has 1 unspecified atom stereocenters. The lowest BCUT2D eigenvalue weighted by Gasteiger charge is -2.31. The van der Waals surface area contributed by atoms with Crippen LogP contribution in [-0.2, 0) is 4.79 Å². The minimum atomic E-state index is -0.288. The molecule has 0 aromatic rings. The Morgan fingerprint density at radius 2 is 1.93 bits per heavy atom. The smallest absolute Gasteiger partial charge is 0.239 e. The van der Waals surface area contributed by atoms with Gasteiger partial charge < -0.3 is 10.6 Å². The second-order valence-corrected chi connectivity index (χ2v) is 4.59. The fraction of sp³-hybridized carbons (Fsp3) is 0.818. The Hall–Kier alpha value is -1.08. The van der Waals surface area contributed by atoms with Crippen LogP contribution in [-0.4, -0.2) is 29.9 Å². The maximum absolute atomic E-state index is 11.9. The fourth-order valence-corrected chi connectivity index (χ4v) is 2.10. The van der Waals surface area contributed by atoms with Gasteiger partial charge in [-0.2, -0.15) is 5.26 Å². The van der Waals surface area contributed by atoms with Crippen LogP contribution in [0.2, 0.25) is 0 Å². The number of nitriles is 1. The summed E-state index contributed by atoms with van der Waals surface area (Å²) in [4.78, 5) is 13.7. The van der Waals surface area contributed by atoms with Gasteiger partial charge >= 0.3 is 0 Å². The largest absolute Gasteiger partial charge is 0.341 e. The van der Waals surface area contributed by atoms with E-state index in [9.17, 15) is 4.79 Å². The van der Waals surface area contributed by atoms with Crippen LogP contribution in [0.3, 0.4) is 0 Å². The summed E-state index contributed by atoms with van der Waals surface area (Å²) in [6.45, 7) is 1.41. The molecule has 0 aromatic carbocycles. The molecule has 2 fully saturated rings. The normalized spacial score (nSPS) is 24.7. The molecular weight excluding hydrogens is 190 g/mol. The molecule has 0 spiro atoms. The van der Waals surface area contributed by atoms with E-state index in [2.05, 4.69) is 6.07 Å². The minimum Gasteiger partial charge on any atom is -0.341 e. The SMILES string of the molecule is N#CC1CCN(C(=O)C(N)C2CC2)CC1. The van der Waals surface area contributed by atoms with Crippen LogP contribution in [0.4, 0.5) is 0 Å². The molecule has 1 saturated carbocycles. The van der Waals surface area contributed by atoms with Crippen LogP contribution < -0.4 is 5.73 Å². The molecule has 1 saturated heterocycles. The number of nitrogens with two attached hydrogens (primary N) is 1. The van der Waals surface area contributed by atoms with Crippen LogP contribution in [0.25, 0.3) is 0 Å². The highest BCUT2D eigenvalue weighted by Gasteiger charge is 2.36. The van der Waals surface area contributed by atoms with Crippen molar-refractivity contribution in [2.75, 3.05) is 13.1 Å². The monoisotopic (exact) mass is 207 g/mol. The van der Waals surface area contributed by atoms with Gasteiger partial charge in [-0.25, -0.2) is 0 Å². The molecule has 2 rings (SSSR count). The highest BCUT2D eigenvalue weighted by atomic mass is 16.2. The summed E-state index contributed by atoms with van der Waals surface area (Å²) in [6, 6.07) is 1.97. The molecule has 2 N–H and O–H groups in total. The van der Waals surface area contributed by atoms with Crippen LogP contribution >= 0.6 is 0 Å². The lowest BCUT2D eigenvalue weighted by Crippen LogP contribution is -2.48. The summed E-state index contributed by atoms with van der Waals surface area (Å²) in [5.41, 5.74) is 5.86. The fourth-order valence-electron chi connectivity index (χ4n) is 2.10. The highest BCUT2D eigenvalue weighted by Crippen LogP contribution is 2.32. The van der Waals surface area contributed by atoms with E-state index in [4.69, 9.17) is 11.0 Å². The molecule has 15 heavy (non-hydrogen) atoms.